The average molecular weight is 1140 g/mol. The summed E-state index contributed by atoms with van der Waals surface area (Å²) in [5, 5.41) is 1.96. The van der Waals surface area contributed by atoms with Crippen LogP contribution in [0.25, 0.3) is 44.3 Å². The molecule has 0 aliphatic heterocycles. The first-order valence-electron chi connectivity index (χ1n) is 22.8. The number of anilines is 2. The monoisotopic (exact) mass is 1140 g/mol. The van der Waals surface area contributed by atoms with Crippen LogP contribution in [-0.4, -0.2) is 48.3 Å². The summed E-state index contributed by atoms with van der Waals surface area (Å²) in [6.07, 6.45) is 5.94. The Morgan fingerprint density at radius 1 is 0.558 bits per heavy atom. The quantitative estimate of drug-likeness (QED) is 0.0398. The summed E-state index contributed by atoms with van der Waals surface area (Å²) >= 11 is 11.9. The van der Waals surface area contributed by atoms with Crippen LogP contribution in [0.5, 0.6) is 0 Å². The van der Waals surface area contributed by atoms with E-state index in [1.165, 1.54) is 12.4 Å². The van der Waals surface area contributed by atoms with E-state index >= 15 is 4.39 Å². The number of aryl methyl sites for hydroxylation is 2. The normalized spacial score (nSPS) is 11.4. The molecule has 0 amide bonds. The van der Waals surface area contributed by atoms with Crippen LogP contribution < -0.4 is 10.5 Å². The van der Waals surface area contributed by atoms with Gasteiger partial charge in [0.2, 0.25) is 30.6 Å². The average Bonchev–Trinajstić information content (AvgIpc) is 4.08. The Bertz CT molecular complexity index is 4090. The van der Waals surface area contributed by atoms with E-state index in [-0.39, 0.29) is 22.6 Å². The van der Waals surface area contributed by atoms with E-state index in [0.717, 1.165) is 57.6 Å². The number of carbonyl (C=O) groups is 2. The van der Waals surface area contributed by atoms with Gasteiger partial charge >= 0.3 is 0 Å². The molecule has 4 heterocycles. The molecule has 6 aromatic carbocycles. The Balaban J connectivity index is 0.000000174. The van der Waals surface area contributed by atoms with Crippen LogP contribution in [0.3, 0.4) is 0 Å². The van der Waals surface area contributed by atoms with Crippen molar-refractivity contribution in [1.29, 1.82) is 0 Å². The molecule has 10 aromatic rings. The number of nitrogen functional groups attached to an aromatic ring is 1. The fraction of sp³-hybridized carbons (Fsp3) is 0.0714. The lowest BCUT2D eigenvalue weighted by molar-refractivity contribution is 0.102. The summed E-state index contributed by atoms with van der Waals surface area (Å²) in [6, 6.07) is 35.4. The molecule has 0 radical (unpaired) electrons. The Labute approximate surface area is 453 Å². The molecule has 0 spiro atoms. The lowest BCUT2D eigenvalue weighted by atomic mass is 10.00. The zero-order valence-corrected chi connectivity index (χ0v) is 44.2. The van der Waals surface area contributed by atoms with Crippen LogP contribution in [0.1, 0.15) is 54.1 Å². The van der Waals surface area contributed by atoms with Crippen LogP contribution in [-0.2, 0) is 30.6 Å². The fourth-order valence-corrected chi connectivity index (χ4v) is 10.3. The molecule has 0 aliphatic carbocycles. The molecule has 0 saturated carbocycles. The van der Waals surface area contributed by atoms with Crippen molar-refractivity contribution in [1.82, 2.24) is 19.9 Å². The number of pyridine rings is 2. The molecule has 0 aliphatic rings. The van der Waals surface area contributed by atoms with E-state index in [9.17, 15) is 39.6 Å². The molecule has 77 heavy (non-hydrogen) atoms. The number of hydrogen-bond acceptors (Lipinski definition) is 9. The number of benzene rings is 6. The maximum Gasteiger partial charge on any atom is 0.237 e. The molecule has 12 nitrogen and oxygen atoms in total. The van der Waals surface area contributed by atoms with Crippen molar-refractivity contribution in [3.8, 4) is 22.3 Å². The molecule has 5 N–H and O–H groups in total. The molecule has 10 rings (SSSR count). The molecule has 4 aromatic heterocycles. The molecule has 21 heteroatoms. The van der Waals surface area contributed by atoms with Gasteiger partial charge in [-0.1, -0.05) is 107 Å². The predicted octanol–water partition coefficient (Wildman–Crippen LogP) is 13.7. The van der Waals surface area contributed by atoms with E-state index in [2.05, 4.69) is 24.7 Å². The highest BCUT2D eigenvalue weighted by molar-refractivity contribution is 8.13. The van der Waals surface area contributed by atoms with E-state index in [4.69, 9.17) is 39.6 Å². The number of nitrogens with one attached hydrogen (secondary N) is 3. The van der Waals surface area contributed by atoms with Gasteiger partial charge in [-0.2, -0.15) is 0 Å². The largest absolute Gasteiger partial charge is 0.396 e. The highest BCUT2D eigenvalue weighted by Crippen LogP contribution is 2.32. The summed E-state index contributed by atoms with van der Waals surface area (Å²) < 4.78 is 107. The first-order chi connectivity index (χ1) is 36.5. The first kappa shape index (κ1) is 55.4. The number of carbonyl (C=O) groups excluding carboxylic acids is 2. The number of fused-ring (bicyclic) bond motifs is 2. The number of nitrogens with two attached hydrogens (primary N) is 1. The SMILES string of the molecule is Cc1ccc(CS(=O)(=O)Cl)cc1.Cc1ccc(CS(=O)(=O)Nc2ccc(F)c(C(=O)c3c[nH]c4ncc(-c5ccc(Cl)cc5)cc34)c2F)cc1.Nc1ccc(F)c(C(=O)c2c[nH]c3ncc(-c4ccc(Cl)cc4)cc23)c1F. The minimum atomic E-state index is -4.06. The van der Waals surface area contributed by atoms with Crippen molar-refractivity contribution in [2.45, 2.75) is 25.4 Å². The third-order valence-corrected chi connectivity index (χ3v) is 14.5. The van der Waals surface area contributed by atoms with Crippen molar-refractivity contribution in [3.05, 3.63) is 236 Å². The van der Waals surface area contributed by atoms with Crippen molar-refractivity contribution in [2.75, 3.05) is 10.5 Å². The van der Waals surface area contributed by atoms with Gasteiger partial charge in [0.1, 0.15) is 22.9 Å². The Morgan fingerprint density at radius 3 is 1.42 bits per heavy atom. The van der Waals surface area contributed by atoms with Crippen molar-refractivity contribution in [2.24, 2.45) is 0 Å². The number of sulfonamides is 1. The molecular formula is C56H41Cl3F4N6O6S2. The van der Waals surface area contributed by atoms with Gasteiger partial charge in [-0.3, -0.25) is 14.3 Å². The topological polar surface area (TPSA) is 198 Å². The van der Waals surface area contributed by atoms with Crippen LogP contribution in [0.2, 0.25) is 10.0 Å². The maximum absolute atomic E-state index is 15.5. The number of rotatable bonds is 12. The van der Waals surface area contributed by atoms with Gasteiger partial charge in [0, 0.05) is 78.5 Å². The lowest BCUT2D eigenvalue weighted by Gasteiger charge is -2.12. The molecule has 0 unspecified atom stereocenters. The van der Waals surface area contributed by atoms with Crippen LogP contribution >= 0.6 is 33.9 Å². The van der Waals surface area contributed by atoms with Gasteiger partial charge in [-0.05, 0) is 96.8 Å². The second kappa shape index (κ2) is 23.2. The summed E-state index contributed by atoms with van der Waals surface area (Å²) in [5.41, 5.74) is 10.3. The number of aromatic nitrogens is 4. The zero-order chi connectivity index (χ0) is 55.3. The number of nitrogens with zero attached hydrogens (tertiary/aromatic N) is 2. The van der Waals surface area contributed by atoms with Gasteiger partial charge in [-0.15, -0.1) is 0 Å². The summed E-state index contributed by atoms with van der Waals surface area (Å²) in [4.78, 5) is 40.5. The minimum Gasteiger partial charge on any atom is -0.396 e. The van der Waals surface area contributed by atoms with Crippen molar-refractivity contribution >= 4 is 98.0 Å². The third-order valence-electron chi connectivity index (χ3n) is 11.8. The molecule has 0 atom stereocenters. The molecular weight excluding hydrogens is 1100 g/mol. The first-order valence-corrected chi connectivity index (χ1v) is 27.7. The van der Waals surface area contributed by atoms with E-state index in [1.54, 1.807) is 97.3 Å². The third kappa shape index (κ3) is 13.4. The summed E-state index contributed by atoms with van der Waals surface area (Å²) in [5.74, 6) is -6.76. The highest BCUT2D eigenvalue weighted by Gasteiger charge is 2.27. The molecule has 0 saturated heterocycles. The van der Waals surface area contributed by atoms with Gasteiger partial charge < -0.3 is 15.7 Å². The number of H-pyrrole nitrogens is 2. The van der Waals surface area contributed by atoms with Crippen LogP contribution in [0.4, 0.5) is 28.9 Å². The molecule has 392 valence electrons. The standard InChI is InChI=1S/C28H20ClF2N3O3S.C20H12ClF2N3O.C8H9ClO2S/c1-16-2-4-17(5-3-16)15-38(36,37)34-24-11-10-23(30)25(26(24)31)27(35)22-14-33-28-21(22)12-19(13-32-28)18-6-8-20(29)9-7-18;21-12-3-1-10(2-4-12)11-7-13-14(9-26-20(13)25-8-11)19(27)17-15(22)5-6-16(24)18(17)23;1-7-2-4-8(5-3-7)6-12(9,10)11/h2-14,34H,15H2,1H3,(H,32,33);1-9H,24H2,(H,25,26);2-5H,6H2,1H3. The Morgan fingerprint density at radius 2 is 0.974 bits per heavy atom. The summed E-state index contributed by atoms with van der Waals surface area (Å²) in [7, 11) is -2.39. The summed E-state index contributed by atoms with van der Waals surface area (Å²) in [6.45, 7) is 3.81. The number of ketones is 2. The molecule has 0 bridgehead atoms. The zero-order valence-electron chi connectivity index (χ0n) is 40.3. The predicted molar refractivity (Wildman–Crippen MR) is 294 cm³/mol. The second-order valence-electron chi connectivity index (χ2n) is 17.4. The van der Waals surface area contributed by atoms with Crippen LogP contribution in [0.15, 0.2) is 158 Å². The minimum absolute atomic E-state index is 0.0132. The number of halogens is 7. The van der Waals surface area contributed by atoms with E-state index in [0.29, 0.717) is 43.2 Å². The van der Waals surface area contributed by atoms with Crippen molar-refractivity contribution in [3.63, 3.8) is 0 Å². The van der Waals surface area contributed by atoms with Gasteiger partial charge in [-0.25, -0.2) is 44.4 Å². The number of aromatic amines is 2. The second-order valence-corrected chi connectivity index (χ2v) is 22.8. The van der Waals surface area contributed by atoms with Gasteiger partial charge in [0.05, 0.1) is 34.0 Å². The van der Waals surface area contributed by atoms with Crippen molar-refractivity contribution < 1.29 is 44.0 Å². The number of hydrogen-bond donors (Lipinski definition) is 4. The lowest BCUT2D eigenvalue weighted by Crippen LogP contribution is -2.18. The van der Waals surface area contributed by atoms with Gasteiger partial charge in [0.15, 0.2) is 11.6 Å². The fourth-order valence-electron chi connectivity index (χ4n) is 7.86. The Kier molecular flexibility index (Phi) is 16.7. The van der Waals surface area contributed by atoms with Gasteiger partial charge in [0.25, 0.3) is 0 Å². The Hall–Kier alpha value is -7.87. The smallest absolute Gasteiger partial charge is 0.237 e. The maximum atomic E-state index is 15.5. The van der Waals surface area contributed by atoms with Crippen LogP contribution in [0, 0.1) is 37.1 Å². The van der Waals surface area contributed by atoms with E-state index in [1.807, 2.05) is 38.1 Å². The van der Waals surface area contributed by atoms with E-state index < -0.39 is 76.5 Å². The highest BCUT2D eigenvalue weighted by atomic mass is 35.7. The molecule has 0 fully saturated rings.